The summed E-state index contributed by atoms with van der Waals surface area (Å²) in [6, 6.07) is 10.3. The summed E-state index contributed by atoms with van der Waals surface area (Å²) in [5.41, 5.74) is 1.27. The average Bonchev–Trinajstić information content (AvgIpc) is 3.06. The molecule has 4 heteroatoms. The van der Waals surface area contributed by atoms with Crippen molar-refractivity contribution in [2.45, 2.75) is 39.0 Å². The average molecular weight is 301 g/mol. The van der Waals surface area contributed by atoms with Crippen LogP contribution in [0, 0.1) is 5.92 Å². The van der Waals surface area contributed by atoms with Crippen LogP contribution in [0.25, 0.3) is 0 Å². The van der Waals surface area contributed by atoms with Gasteiger partial charge < -0.3 is 9.15 Å². The molecule has 0 aliphatic rings. The summed E-state index contributed by atoms with van der Waals surface area (Å²) in [6.45, 7) is 6.49. The molecule has 3 unspecified atom stereocenters. The van der Waals surface area contributed by atoms with Gasteiger partial charge in [-0.2, -0.15) is 0 Å². The van der Waals surface area contributed by atoms with Gasteiger partial charge in [0, 0.05) is 0 Å². The first-order valence-electron chi connectivity index (χ1n) is 7.74. The molecule has 4 nitrogen and oxygen atoms in total. The van der Waals surface area contributed by atoms with Gasteiger partial charge in [0.05, 0.1) is 12.8 Å². The maximum Gasteiger partial charge on any atom is 0.318 e. The van der Waals surface area contributed by atoms with Crippen molar-refractivity contribution in [2.75, 3.05) is 6.61 Å². The first kappa shape index (κ1) is 16.3. The minimum absolute atomic E-state index is 0.267. The Labute approximate surface area is 131 Å². The van der Waals surface area contributed by atoms with Crippen molar-refractivity contribution in [3.05, 3.63) is 54.2 Å². The van der Waals surface area contributed by atoms with Gasteiger partial charge in [0.2, 0.25) is 5.89 Å². The fourth-order valence-electron chi connectivity index (χ4n) is 2.61. The number of carbonyl (C=O) groups is 1. The standard InChI is InChI=1S/C18H23NO3/c1-4-21-18(20)16(17-19-10-11-22-17)12-13(2)14(3)15-8-6-5-7-9-15/h5-11,13-14,16H,4,12H2,1-3H3. The number of nitrogens with zero attached hydrogens (tertiary/aromatic N) is 1. The molecule has 22 heavy (non-hydrogen) atoms. The Bertz CT molecular complexity index is 565. The van der Waals surface area contributed by atoms with E-state index >= 15 is 0 Å². The van der Waals surface area contributed by atoms with Crippen LogP contribution in [-0.4, -0.2) is 17.6 Å². The zero-order chi connectivity index (χ0) is 15.9. The van der Waals surface area contributed by atoms with Gasteiger partial charge >= 0.3 is 5.97 Å². The summed E-state index contributed by atoms with van der Waals surface area (Å²) in [6.07, 6.45) is 3.70. The van der Waals surface area contributed by atoms with Crippen LogP contribution < -0.4 is 0 Å². The zero-order valence-corrected chi connectivity index (χ0v) is 13.4. The second-order valence-electron chi connectivity index (χ2n) is 5.59. The summed E-state index contributed by atoms with van der Waals surface area (Å²) >= 11 is 0. The molecule has 0 fully saturated rings. The van der Waals surface area contributed by atoms with Crippen LogP contribution in [0.5, 0.6) is 0 Å². The molecule has 0 saturated carbocycles. The van der Waals surface area contributed by atoms with E-state index in [-0.39, 0.29) is 5.97 Å². The Hall–Kier alpha value is -2.10. The smallest absolute Gasteiger partial charge is 0.318 e. The number of aromatic nitrogens is 1. The van der Waals surface area contributed by atoms with Gasteiger partial charge in [0.1, 0.15) is 12.2 Å². The second kappa shape index (κ2) is 7.78. The van der Waals surface area contributed by atoms with Gasteiger partial charge in [0.15, 0.2) is 0 Å². The van der Waals surface area contributed by atoms with Gasteiger partial charge in [-0.3, -0.25) is 4.79 Å². The van der Waals surface area contributed by atoms with Crippen LogP contribution in [0.4, 0.5) is 0 Å². The summed E-state index contributed by atoms with van der Waals surface area (Å²) < 4.78 is 10.5. The minimum Gasteiger partial charge on any atom is -0.465 e. The van der Waals surface area contributed by atoms with Crippen LogP contribution in [0.2, 0.25) is 0 Å². The molecule has 0 N–H and O–H groups in total. The molecule has 3 atom stereocenters. The third kappa shape index (κ3) is 3.97. The van der Waals surface area contributed by atoms with E-state index in [0.717, 1.165) is 0 Å². The number of rotatable bonds is 7. The molecular formula is C18H23NO3. The number of carbonyl (C=O) groups excluding carboxylic acids is 1. The van der Waals surface area contributed by atoms with Crippen molar-refractivity contribution in [3.63, 3.8) is 0 Å². The van der Waals surface area contributed by atoms with Crippen molar-refractivity contribution in [1.82, 2.24) is 4.98 Å². The van der Waals surface area contributed by atoms with Crippen LogP contribution in [0.3, 0.4) is 0 Å². The summed E-state index contributed by atoms with van der Waals surface area (Å²) in [5, 5.41) is 0. The van der Waals surface area contributed by atoms with Crippen LogP contribution >= 0.6 is 0 Å². The molecule has 118 valence electrons. The van der Waals surface area contributed by atoms with Crippen molar-refractivity contribution in [3.8, 4) is 0 Å². The van der Waals surface area contributed by atoms with Gasteiger partial charge in [-0.1, -0.05) is 44.2 Å². The van der Waals surface area contributed by atoms with Crippen LogP contribution in [0.1, 0.15) is 50.5 Å². The number of hydrogen-bond acceptors (Lipinski definition) is 4. The highest BCUT2D eigenvalue weighted by atomic mass is 16.5. The normalized spacial score (nSPS) is 15.0. The predicted octanol–water partition coefficient (Wildman–Crippen LogP) is 4.15. The van der Waals surface area contributed by atoms with E-state index in [1.165, 1.54) is 11.8 Å². The van der Waals surface area contributed by atoms with Crippen molar-refractivity contribution in [1.29, 1.82) is 0 Å². The van der Waals surface area contributed by atoms with E-state index in [1.54, 1.807) is 13.1 Å². The van der Waals surface area contributed by atoms with Gasteiger partial charge in [-0.05, 0) is 30.7 Å². The topological polar surface area (TPSA) is 52.3 Å². The highest BCUT2D eigenvalue weighted by Gasteiger charge is 2.30. The van der Waals surface area contributed by atoms with Crippen LogP contribution in [0.15, 0.2) is 47.2 Å². The monoisotopic (exact) mass is 301 g/mol. The Kier molecular flexibility index (Phi) is 5.75. The summed E-state index contributed by atoms with van der Waals surface area (Å²) in [5.74, 6) is 0.357. The Balaban J connectivity index is 2.11. The number of ether oxygens (including phenoxy) is 1. The first-order chi connectivity index (χ1) is 10.6. The number of oxazole rings is 1. The zero-order valence-electron chi connectivity index (χ0n) is 13.4. The van der Waals surface area contributed by atoms with Gasteiger partial charge in [0.25, 0.3) is 0 Å². The number of benzene rings is 1. The van der Waals surface area contributed by atoms with E-state index in [1.807, 2.05) is 18.2 Å². The molecule has 0 amide bonds. The number of esters is 1. The molecule has 2 aromatic rings. The second-order valence-corrected chi connectivity index (χ2v) is 5.59. The third-order valence-corrected chi connectivity index (χ3v) is 4.11. The van der Waals surface area contributed by atoms with E-state index in [4.69, 9.17) is 9.15 Å². The van der Waals surface area contributed by atoms with E-state index < -0.39 is 5.92 Å². The molecule has 0 saturated heterocycles. The van der Waals surface area contributed by atoms with Crippen molar-refractivity contribution >= 4 is 5.97 Å². The maximum atomic E-state index is 12.2. The van der Waals surface area contributed by atoms with Gasteiger partial charge in [-0.15, -0.1) is 0 Å². The molecule has 1 heterocycles. The largest absolute Gasteiger partial charge is 0.465 e. The lowest BCUT2D eigenvalue weighted by Gasteiger charge is -2.23. The Morgan fingerprint density at radius 2 is 2.00 bits per heavy atom. The summed E-state index contributed by atoms with van der Waals surface area (Å²) in [4.78, 5) is 16.4. The van der Waals surface area contributed by atoms with Crippen molar-refractivity contribution < 1.29 is 13.9 Å². The van der Waals surface area contributed by atoms with Crippen LogP contribution in [-0.2, 0) is 9.53 Å². The van der Waals surface area contributed by atoms with Gasteiger partial charge in [-0.25, -0.2) is 4.98 Å². The lowest BCUT2D eigenvalue weighted by atomic mass is 9.82. The predicted molar refractivity (Wildman–Crippen MR) is 84.5 cm³/mol. The van der Waals surface area contributed by atoms with Crippen molar-refractivity contribution in [2.24, 2.45) is 5.92 Å². The minimum atomic E-state index is -0.448. The number of hydrogen-bond donors (Lipinski definition) is 0. The van der Waals surface area contributed by atoms with E-state index in [0.29, 0.717) is 30.8 Å². The van der Waals surface area contributed by atoms with E-state index in [2.05, 4.69) is 31.0 Å². The lowest BCUT2D eigenvalue weighted by Crippen LogP contribution is -2.21. The molecular weight excluding hydrogens is 278 g/mol. The fraction of sp³-hybridized carbons (Fsp3) is 0.444. The Morgan fingerprint density at radius 1 is 1.27 bits per heavy atom. The highest BCUT2D eigenvalue weighted by molar-refractivity contribution is 5.76. The first-order valence-corrected chi connectivity index (χ1v) is 7.74. The molecule has 0 aliphatic heterocycles. The molecule has 0 bridgehead atoms. The molecule has 2 rings (SSSR count). The molecule has 1 aromatic carbocycles. The fourth-order valence-corrected chi connectivity index (χ4v) is 2.61. The molecule has 0 radical (unpaired) electrons. The molecule has 1 aromatic heterocycles. The summed E-state index contributed by atoms with van der Waals surface area (Å²) in [7, 11) is 0. The Morgan fingerprint density at radius 3 is 2.59 bits per heavy atom. The lowest BCUT2D eigenvalue weighted by molar-refractivity contribution is -0.146. The third-order valence-electron chi connectivity index (χ3n) is 4.11. The molecule has 0 spiro atoms. The van der Waals surface area contributed by atoms with E-state index in [9.17, 15) is 4.79 Å². The quantitative estimate of drug-likeness (QED) is 0.721. The maximum absolute atomic E-state index is 12.2. The molecule has 0 aliphatic carbocycles. The highest BCUT2D eigenvalue weighted by Crippen LogP contribution is 2.33. The SMILES string of the molecule is CCOC(=O)C(CC(C)C(C)c1ccccc1)c1ncco1.